The highest BCUT2D eigenvalue weighted by atomic mass is 16.4. The highest BCUT2D eigenvalue weighted by Crippen LogP contribution is 2.08. The van der Waals surface area contributed by atoms with Gasteiger partial charge in [0.2, 0.25) is 11.8 Å². The fourth-order valence-corrected chi connectivity index (χ4v) is 1.26. The molecule has 18 heavy (non-hydrogen) atoms. The lowest BCUT2D eigenvalue weighted by Crippen LogP contribution is -2.54. The maximum absolute atomic E-state index is 11.8. The molecule has 5 N–H and O–H groups in total. The number of aliphatic carboxylic acids is 1. The molecule has 0 aliphatic heterocycles. The van der Waals surface area contributed by atoms with Gasteiger partial charge in [0, 0.05) is 0 Å². The van der Waals surface area contributed by atoms with E-state index in [-0.39, 0.29) is 5.92 Å². The van der Waals surface area contributed by atoms with E-state index in [1.165, 1.54) is 6.92 Å². The molecule has 2 amide bonds. The predicted octanol–water partition coefficient (Wildman–Crippen LogP) is -0.935. The molecule has 7 heteroatoms. The number of carbonyl (C=O) groups is 3. The standard InChI is InChI=1S/C11H21N3O4/c1-4-6(2)9(14-10(17)7(3)12)11(18)13-5-8(15)16/h6-7,9H,4-5,12H2,1-3H3,(H,13,18)(H,14,17)(H,15,16)/t6-,7-,9-/m0/s1. The Balaban J connectivity index is 4.62. The molecule has 0 aromatic rings. The van der Waals surface area contributed by atoms with Gasteiger partial charge < -0.3 is 21.5 Å². The number of carboxylic acids is 1. The second kappa shape index (κ2) is 7.65. The van der Waals surface area contributed by atoms with Crippen molar-refractivity contribution in [2.75, 3.05) is 6.54 Å². The topological polar surface area (TPSA) is 122 Å². The zero-order valence-electron chi connectivity index (χ0n) is 10.9. The minimum atomic E-state index is -1.13. The highest BCUT2D eigenvalue weighted by molar-refractivity contribution is 5.91. The number of nitrogens with two attached hydrogens (primary N) is 1. The molecule has 0 aromatic carbocycles. The van der Waals surface area contributed by atoms with Crippen LogP contribution in [0.2, 0.25) is 0 Å². The molecule has 0 aromatic heterocycles. The molecule has 0 radical (unpaired) electrons. The third-order valence-electron chi connectivity index (χ3n) is 2.62. The summed E-state index contributed by atoms with van der Waals surface area (Å²) in [5.41, 5.74) is 5.41. The Labute approximate surface area is 106 Å². The van der Waals surface area contributed by atoms with Crippen molar-refractivity contribution in [2.45, 2.75) is 39.3 Å². The van der Waals surface area contributed by atoms with Crippen molar-refractivity contribution in [3.63, 3.8) is 0 Å². The Bertz CT molecular complexity index is 317. The van der Waals surface area contributed by atoms with E-state index in [1.54, 1.807) is 6.92 Å². The molecule has 0 unspecified atom stereocenters. The van der Waals surface area contributed by atoms with Gasteiger partial charge in [0.25, 0.3) is 0 Å². The Morgan fingerprint density at radius 2 is 1.78 bits per heavy atom. The first-order valence-corrected chi connectivity index (χ1v) is 5.85. The molecule has 0 saturated heterocycles. The van der Waals surface area contributed by atoms with Crippen molar-refractivity contribution in [1.29, 1.82) is 0 Å². The second-order valence-corrected chi connectivity index (χ2v) is 4.27. The fraction of sp³-hybridized carbons (Fsp3) is 0.727. The molecule has 7 nitrogen and oxygen atoms in total. The van der Waals surface area contributed by atoms with Crippen molar-refractivity contribution in [2.24, 2.45) is 11.7 Å². The third kappa shape index (κ3) is 5.62. The van der Waals surface area contributed by atoms with E-state index in [0.29, 0.717) is 6.42 Å². The quantitative estimate of drug-likeness (QED) is 0.470. The summed E-state index contributed by atoms with van der Waals surface area (Å²) in [4.78, 5) is 33.6. The van der Waals surface area contributed by atoms with Crippen LogP contribution in [0.1, 0.15) is 27.2 Å². The van der Waals surface area contributed by atoms with Gasteiger partial charge in [0.15, 0.2) is 0 Å². The van der Waals surface area contributed by atoms with Gasteiger partial charge in [-0.25, -0.2) is 0 Å². The van der Waals surface area contributed by atoms with Crippen LogP contribution in [0.5, 0.6) is 0 Å². The minimum Gasteiger partial charge on any atom is -0.480 e. The van der Waals surface area contributed by atoms with Crippen LogP contribution in [-0.4, -0.2) is 41.5 Å². The zero-order valence-corrected chi connectivity index (χ0v) is 10.9. The summed E-state index contributed by atoms with van der Waals surface area (Å²) in [7, 11) is 0. The first-order valence-electron chi connectivity index (χ1n) is 5.85. The molecule has 3 atom stereocenters. The number of rotatable bonds is 7. The number of carbonyl (C=O) groups excluding carboxylic acids is 2. The maximum atomic E-state index is 11.8. The SMILES string of the molecule is CC[C@H](C)[C@H](NC(=O)[C@H](C)N)C(=O)NCC(=O)O. The average Bonchev–Trinajstić information content (AvgIpc) is 2.31. The first kappa shape index (κ1) is 16.4. The summed E-state index contributed by atoms with van der Waals surface area (Å²) in [6, 6.07) is -1.49. The van der Waals surface area contributed by atoms with Gasteiger partial charge in [0.1, 0.15) is 12.6 Å². The van der Waals surface area contributed by atoms with Crippen molar-refractivity contribution in [1.82, 2.24) is 10.6 Å². The van der Waals surface area contributed by atoms with Crippen molar-refractivity contribution in [3.8, 4) is 0 Å². The van der Waals surface area contributed by atoms with Gasteiger partial charge in [-0.3, -0.25) is 14.4 Å². The van der Waals surface area contributed by atoms with Gasteiger partial charge in [-0.1, -0.05) is 20.3 Å². The van der Waals surface area contributed by atoms with Crippen LogP contribution >= 0.6 is 0 Å². The van der Waals surface area contributed by atoms with Crippen LogP contribution in [-0.2, 0) is 14.4 Å². The summed E-state index contributed by atoms with van der Waals surface area (Å²) in [5, 5.41) is 13.3. The lowest BCUT2D eigenvalue weighted by atomic mass is 9.98. The van der Waals surface area contributed by atoms with Crippen LogP contribution in [0.4, 0.5) is 0 Å². The summed E-state index contributed by atoms with van der Waals surface area (Å²) in [6.45, 7) is 4.71. The second-order valence-electron chi connectivity index (χ2n) is 4.27. The molecule has 0 fully saturated rings. The van der Waals surface area contributed by atoms with Crippen molar-refractivity contribution >= 4 is 17.8 Å². The summed E-state index contributed by atoms with van der Waals surface area (Å²) in [6.07, 6.45) is 0.671. The highest BCUT2D eigenvalue weighted by Gasteiger charge is 2.26. The smallest absolute Gasteiger partial charge is 0.322 e. The molecule has 0 rings (SSSR count). The summed E-state index contributed by atoms with van der Waals surface area (Å²) >= 11 is 0. The minimum absolute atomic E-state index is 0.110. The molecule has 0 saturated carbocycles. The summed E-state index contributed by atoms with van der Waals surface area (Å²) < 4.78 is 0. The van der Waals surface area contributed by atoms with Crippen LogP contribution in [0, 0.1) is 5.92 Å². The number of hydrogen-bond donors (Lipinski definition) is 4. The fourth-order valence-electron chi connectivity index (χ4n) is 1.26. The van der Waals surface area contributed by atoms with Crippen LogP contribution < -0.4 is 16.4 Å². The van der Waals surface area contributed by atoms with Gasteiger partial charge in [0.05, 0.1) is 6.04 Å². The lowest BCUT2D eigenvalue weighted by Gasteiger charge is -2.24. The lowest BCUT2D eigenvalue weighted by molar-refractivity contribution is -0.138. The van der Waals surface area contributed by atoms with Crippen LogP contribution in [0.3, 0.4) is 0 Å². The van der Waals surface area contributed by atoms with Gasteiger partial charge in [-0.15, -0.1) is 0 Å². The number of nitrogens with one attached hydrogen (secondary N) is 2. The van der Waals surface area contributed by atoms with Crippen molar-refractivity contribution < 1.29 is 19.5 Å². The van der Waals surface area contributed by atoms with E-state index in [0.717, 1.165) is 0 Å². The van der Waals surface area contributed by atoms with E-state index in [2.05, 4.69) is 10.6 Å². The Kier molecular flexibility index (Phi) is 6.96. The number of carboxylic acid groups (broad SMARTS) is 1. The van der Waals surface area contributed by atoms with E-state index in [9.17, 15) is 14.4 Å². The zero-order chi connectivity index (χ0) is 14.3. The van der Waals surface area contributed by atoms with Crippen molar-refractivity contribution in [3.05, 3.63) is 0 Å². The van der Waals surface area contributed by atoms with E-state index in [1.807, 2.05) is 6.92 Å². The molecular formula is C11H21N3O4. The van der Waals surface area contributed by atoms with E-state index in [4.69, 9.17) is 10.8 Å². The van der Waals surface area contributed by atoms with Crippen LogP contribution in [0.15, 0.2) is 0 Å². The Morgan fingerprint density at radius 3 is 2.17 bits per heavy atom. The normalized spacial score (nSPS) is 15.3. The number of amides is 2. The molecule has 104 valence electrons. The average molecular weight is 259 g/mol. The Morgan fingerprint density at radius 1 is 1.22 bits per heavy atom. The number of hydrogen-bond acceptors (Lipinski definition) is 4. The van der Waals surface area contributed by atoms with E-state index >= 15 is 0 Å². The van der Waals surface area contributed by atoms with Gasteiger partial charge in [-0.2, -0.15) is 0 Å². The Hall–Kier alpha value is -1.63. The largest absolute Gasteiger partial charge is 0.480 e. The van der Waals surface area contributed by atoms with Gasteiger partial charge in [-0.05, 0) is 12.8 Å². The molecule has 0 aliphatic carbocycles. The van der Waals surface area contributed by atoms with Crippen LogP contribution in [0.25, 0.3) is 0 Å². The first-order chi connectivity index (χ1) is 8.29. The molecule has 0 heterocycles. The third-order valence-corrected chi connectivity index (χ3v) is 2.62. The van der Waals surface area contributed by atoms with E-state index < -0.39 is 36.4 Å². The molecular weight excluding hydrogens is 238 g/mol. The van der Waals surface area contributed by atoms with Gasteiger partial charge >= 0.3 is 5.97 Å². The monoisotopic (exact) mass is 259 g/mol. The summed E-state index contributed by atoms with van der Waals surface area (Å²) in [5.74, 6) is -2.20. The molecule has 0 aliphatic rings. The maximum Gasteiger partial charge on any atom is 0.322 e. The molecule has 0 spiro atoms. The predicted molar refractivity (Wildman–Crippen MR) is 65.7 cm³/mol. The molecule has 0 bridgehead atoms.